The molecule has 1 aliphatic rings. The molecule has 2 unspecified atom stereocenters. The van der Waals surface area contributed by atoms with Crippen molar-refractivity contribution in [2.24, 2.45) is 0 Å². The Labute approximate surface area is 122 Å². The predicted octanol–water partition coefficient (Wildman–Crippen LogP) is 0.867. The van der Waals surface area contributed by atoms with E-state index >= 15 is 0 Å². The van der Waals surface area contributed by atoms with Crippen molar-refractivity contribution in [2.45, 2.75) is 51.1 Å². The molecule has 2 rings (SSSR count). The molecule has 1 aromatic heterocycles. The van der Waals surface area contributed by atoms with Crippen LogP contribution in [0.15, 0.2) is 4.52 Å². The molecule has 2 atom stereocenters. The van der Waals surface area contributed by atoms with Crippen molar-refractivity contribution in [3.05, 3.63) is 11.7 Å². The van der Waals surface area contributed by atoms with Gasteiger partial charge in [-0.25, -0.2) is 4.79 Å². The van der Waals surface area contributed by atoms with Crippen molar-refractivity contribution < 1.29 is 19.2 Å². The van der Waals surface area contributed by atoms with Gasteiger partial charge in [-0.05, 0) is 25.8 Å². The minimum absolute atomic E-state index is 0.0191. The van der Waals surface area contributed by atoms with Crippen molar-refractivity contribution in [2.75, 3.05) is 6.54 Å². The van der Waals surface area contributed by atoms with E-state index in [2.05, 4.69) is 20.8 Å². The summed E-state index contributed by atoms with van der Waals surface area (Å²) in [6.45, 7) is 2.84. The fourth-order valence-corrected chi connectivity index (χ4v) is 2.25. The maximum Gasteiger partial charge on any atom is 0.326 e. The summed E-state index contributed by atoms with van der Waals surface area (Å²) in [5.74, 6) is -1.43. The second-order valence-electron chi connectivity index (χ2n) is 5.11. The normalized spacial score (nSPS) is 19.4. The highest BCUT2D eigenvalue weighted by molar-refractivity contribution is 5.93. The summed E-state index contributed by atoms with van der Waals surface area (Å²) in [4.78, 5) is 27.1. The van der Waals surface area contributed by atoms with Gasteiger partial charge in [0.25, 0.3) is 11.7 Å². The number of hydrogen-bond donors (Lipinski definition) is 3. The number of nitrogens with zero attached hydrogens (tertiary/aromatic N) is 2. The number of carboxylic acids is 1. The summed E-state index contributed by atoms with van der Waals surface area (Å²) < 4.78 is 5.06. The molecule has 1 aromatic rings. The van der Waals surface area contributed by atoms with Crippen LogP contribution in [0.5, 0.6) is 0 Å². The van der Waals surface area contributed by atoms with Crippen molar-refractivity contribution in [3.63, 3.8) is 0 Å². The van der Waals surface area contributed by atoms with Gasteiger partial charge in [0.05, 0.1) is 6.04 Å². The predicted molar refractivity (Wildman–Crippen MR) is 72.7 cm³/mol. The molecule has 116 valence electrons. The van der Waals surface area contributed by atoms with Gasteiger partial charge in [0.15, 0.2) is 0 Å². The second kappa shape index (κ2) is 7.16. The van der Waals surface area contributed by atoms with E-state index in [0.29, 0.717) is 12.3 Å². The van der Waals surface area contributed by atoms with Gasteiger partial charge in [0.1, 0.15) is 6.04 Å². The molecular weight excluding hydrogens is 276 g/mol. The molecule has 0 aliphatic carbocycles. The lowest BCUT2D eigenvalue weighted by molar-refractivity contribution is -0.139. The summed E-state index contributed by atoms with van der Waals surface area (Å²) in [7, 11) is 0. The van der Waals surface area contributed by atoms with Crippen molar-refractivity contribution in [1.82, 2.24) is 20.8 Å². The first-order valence-electron chi connectivity index (χ1n) is 7.22. The number of aromatic nitrogens is 2. The lowest BCUT2D eigenvalue weighted by atomic mass is 10.1. The van der Waals surface area contributed by atoms with Gasteiger partial charge in [-0.1, -0.05) is 24.9 Å². The Morgan fingerprint density at radius 3 is 3.00 bits per heavy atom. The van der Waals surface area contributed by atoms with Crippen LogP contribution in [0, 0.1) is 0 Å². The zero-order valence-electron chi connectivity index (χ0n) is 12.0. The molecule has 1 aliphatic heterocycles. The van der Waals surface area contributed by atoms with Crippen LogP contribution < -0.4 is 10.6 Å². The molecule has 0 saturated carbocycles. The van der Waals surface area contributed by atoms with E-state index in [4.69, 9.17) is 9.63 Å². The highest BCUT2D eigenvalue weighted by Crippen LogP contribution is 2.21. The first-order chi connectivity index (χ1) is 10.1. The molecule has 1 fully saturated rings. The van der Waals surface area contributed by atoms with Crippen LogP contribution in [-0.4, -0.2) is 39.7 Å². The number of rotatable bonds is 7. The number of amides is 1. The van der Waals surface area contributed by atoms with E-state index in [9.17, 15) is 9.59 Å². The largest absolute Gasteiger partial charge is 0.480 e. The molecule has 0 radical (unpaired) electrons. The minimum Gasteiger partial charge on any atom is -0.480 e. The van der Waals surface area contributed by atoms with Crippen LogP contribution >= 0.6 is 0 Å². The Kier molecular flexibility index (Phi) is 5.26. The average molecular weight is 296 g/mol. The lowest BCUT2D eigenvalue weighted by Crippen LogP contribution is -2.41. The molecule has 0 spiro atoms. The van der Waals surface area contributed by atoms with Crippen LogP contribution in [0.2, 0.25) is 0 Å². The monoisotopic (exact) mass is 296 g/mol. The van der Waals surface area contributed by atoms with Gasteiger partial charge < -0.3 is 20.3 Å². The van der Waals surface area contributed by atoms with Gasteiger partial charge in [0.2, 0.25) is 5.89 Å². The van der Waals surface area contributed by atoms with Gasteiger partial charge in [-0.3, -0.25) is 4.79 Å². The Morgan fingerprint density at radius 2 is 2.38 bits per heavy atom. The molecule has 21 heavy (non-hydrogen) atoms. The third-order valence-corrected chi connectivity index (χ3v) is 3.45. The molecular formula is C13H20N4O4. The molecule has 0 aromatic carbocycles. The summed E-state index contributed by atoms with van der Waals surface area (Å²) in [5, 5.41) is 18.3. The summed E-state index contributed by atoms with van der Waals surface area (Å²) in [5.41, 5.74) is 0. The van der Waals surface area contributed by atoms with Crippen molar-refractivity contribution in [3.8, 4) is 0 Å². The topological polar surface area (TPSA) is 117 Å². The lowest BCUT2D eigenvalue weighted by Gasteiger charge is -2.12. The summed E-state index contributed by atoms with van der Waals surface area (Å²) >= 11 is 0. The number of carboxylic acid groups (broad SMARTS) is 1. The quantitative estimate of drug-likeness (QED) is 0.683. The van der Waals surface area contributed by atoms with E-state index in [1.165, 1.54) is 0 Å². The maximum atomic E-state index is 12.0. The summed E-state index contributed by atoms with van der Waals surface area (Å²) in [6.07, 6.45) is 3.87. The third-order valence-electron chi connectivity index (χ3n) is 3.45. The first-order valence-corrected chi connectivity index (χ1v) is 7.22. The van der Waals surface area contributed by atoms with E-state index in [0.717, 1.165) is 32.2 Å². The Balaban J connectivity index is 1.96. The zero-order valence-corrected chi connectivity index (χ0v) is 12.0. The average Bonchev–Trinajstić information content (AvgIpc) is 3.12. The number of hydrogen-bond acceptors (Lipinski definition) is 6. The fourth-order valence-electron chi connectivity index (χ4n) is 2.25. The molecule has 8 nitrogen and oxygen atoms in total. The van der Waals surface area contributed by atoms with E-state index in [-0.39, 0.29) is 11.9 Å². The van der Waals surface area contributed by atoms with Gasteiger partial charge in [-0.2, -0.15) is 4.98 Å². The van der Waals surface area contributed by atoms with Crippen LogP contribution in [0.4, 0.5) is 0 Å². The van der Waals surface area contributed by atoms with E-state index in [1.54, 1.807) is 0 Å². The zero-order chi connectivity index (χ0) is 15.2. The van der Waals surface area contributed by atoms with Crippen LogP contribution in [0.1, 0.15) is 61.6 Å². The van der Waals surface area contributed by atoms with Crippen molar-refractivity contribution >= 4 is 11.9 Å². The Bertz CT molecular complexity index is 496. The number of aliphatic carboxylic acids is 1. The SMILES string of the molecule is CCCCC(NC(=O)c1noc(C2CCCN2)n1)C(=O)O. The first kappa shape index (κ1) is 15.4. The molecule has 0 bridgehead atoms. The van der Waals surface area contributed by atoms with Crippen LogP contribution in [0.25, 0.3) is 0 Å². The third kappa shape index (κ3) is 4.01. The highest BCUT2D eigenvalue weighted by Gasteiger charge is 2.26. The minimum atomic E-state index is -1.06. The van der Waals surface area contributed by atoms with Crippen molar-refractivity contribution in [1.29, 1.82) is 0 Å². The number of carbonyl (C=O) groups is 2. The molecule has 8 heteroatoms. The van der Waals surface area contributed by atoms with Gasteiger partial charge in [-0.15, -0.1) is 0 Å². The fraction of sp³-hybridized carbons (Fsp3) is 0.692. The van der Waals surface area contributed by atoms with E-state index < -0.39 is 17.9 Å². The number of nitrogens with one attached hydrogen (secondary N) is 2. The smallest absolute Gasteiger partial charge is 0.326 e. The van der Waals surface area contributed by atoms with Gasteiger partial charge in [0, 0.05) is 0 Å². The molecule has 2 heterocycles. The highest BCUT2D eigenvalue weighted by atomic mass is 16.5. The van der Waals surface area contributed by atoms with E-state index in [1.807, 2.05) is 6.92 Å². The molecule has 3 N–H and O–H groups in total. The standard InChI is InChI=1S/C13H20N4O4/c1-2-3-5-9(13(19)20)15-11(18)10-16-12(21-17-10)8-6-4-7-14-8/h8-9,14H,2-7H2,1H3,(H,15,18)(H,19,20). The Hall–Kier alpha value is -1.96. The number of unbranched alkanes of at least 4 members (excludes halogenated alkanes) is 1. The second-order valence-corrected chi connectivity index (χ2v) is 5.11. The number of carbonyl (C=O) groups excluding carboxylic acids is 1. The summed E-state index contributed by atoms with van der Waals surface area (Å²) in [6, 6.07) is -0.946. The van der Waals surface area contributed by atoms with Crippen LogP contribution in [0.3, 0.4) is 0 Å². The molecule has 1 amide bonds. The van der Waals surface area contributed by atoms with Gasteiger partial charge >= 0.3 is 5.97 Å². The molecule has 1 saturated heterocycles. The maximum absolute atomic E-state index is 12.0. The Morgan fingerprint density at radius 1 is 1.57 bits per heavy atom. The van der Waals surface area contributed by atoms with Crippen LogP contribution in [-0.2, 0) is 4.79 Å².